The summed E-state index contributed by atoms with van der Waals surface area (Å²) >= 11 is 15.9. The first kappa shape index (κ1) is 23.0. The monoisotopic (exact) mass is 629 g/mol. The van der Waals surface area contributed by atoms with Crippen molar-refractivity contribution in [1.29, 1.82) is 5.26 Å². The molecule has 0 aliphatic carbocycles. The highest BCUT2D eigenvalue weighted by molar-refractivity contribution is 9.11. The zero-order valence-electron chi connectivity index (χ0n) is 14.9. The zero-order valence-corrected chi connectivity index (χ0v) is 21.3. The summed E-state index contributed by atoms with van der Waals surface area (Å²) in [5.41, 5.74) is 1.44. The van der Waals surface area contributed by atoms with Crippen molar-refractivity contribution in [2.75, 3.05) is 0 Å². The van der Waals surface area contributed by atoms with Gasteiger partial charge in [0, 0.05) is 19.5 Å². The van der Waals surface area contributed by atoms with Crippen LogP contribution < -0.4 is 4.18 Å². The predicted octanol–water partition coefficient (Wildman–Crippen LogP) is 7.46. The molecule has 0 atom stereocenters. The zero-order chi connectivity index (χ0) is 21.9. The van der Waals surface area contributed by atoms with Crippen molar-refractivity contribution in [3.05, 3.63) is 90.2 Å². The normalized spacial score (nSPS) is 11.8. The number of nitriles is 1. The molecule has 0 aliphatic rings. The molecule has 0 saturated carbocycles. The Morgan fingerprint density at radius 1 is 0.967 bits per heavy atom. The van der Waals surface area contributed by atoms with Gasteiger partial charge >= 0.3 is 10.1 Å². The van der Waals surface area contributed by atoms with E-state index >= 15 is 0 Å². The van der Waals surface area contributed by atoms with Gasteiger partial charge in [0.2, 0.25) is 0 Å². The van der Waals surface area contributed by atoms with Crippen molar-refractivity contribution in [1.82, 2.24) is 0 Å². The first-order valence-electron chi connectivity index (χ1n) is 8.26. The maximum absolute atomic E-state index is 12.8. The second-order valence-corrected chi connectivity index (χ2v) is 10.6. The minimum Gasteiger partial charge on any atom is -0.377 e. The second-order valence-electron chi connectivity index (χ2n) is 5.97. The average molecular weight is 633 g/mol. The Bertz CT molecular complexity index is 1270. The molecule has 0 amide bonds. The molecule has 4 nitrogen and oxygen atoms in total. The van der Waals surface area contributed by atoms with Crippen LogP contribution in [0.4, 0.5) is 0 Å². The SMILES string of the molecule is N#C/C(=C\c1cc(Br)cc(Br)c1OS(=O)(=O)c1ccc(Cl)cc1)c1ccc(Br)cc1. The quantitative estimate of drug-likeness (QED) is 0.166. The number of rotatable bonds is 5. The van der Waals surface area contributed by atoms with Gasteiger partial charge < -0.3 is 4.18 Å². The molecule has 3 aromatic rings. The molecule has 0 bridgehead atoms. The molecule has 9 heteroatoms. The van der Waals surface area contributed by atoms with Gasteiger partial charge in [-0.3, -0.25) is 0 Å². The molecule has 0 aromatic heterocycles. The number of nitrogens with zero attached hydrogens (tertiary/aromatic N) is 1. The average Bonchev–Trinajstić information content (AvgIpc) is 2.69. The number of benzene rings is 3. The van der Waals surface area contributed by atoms with E-state index in [-0.39, 0.29) is 10.6 Å². The molecule has 0 unspecified atom stereocenters. The van der Waals surface area contributed by atoms with Gasteiger partial charge in [-0.2, -0.15) is 13.7 Å². The van der Waals surface area contributed by atoms with Gasteiger partial charge in [-0.25, -0.2) is 0 Å². The summed E-state index contributed by atoms with van der Waals surface area (Å²) in [4.78, 5) is -0.0370. The summed E-state index contributed by atoms with van der Waals surface area (Å²) in [7, 11) is -4.12. The van der Waals surface area contributed by atoms with Gasteiger partial charge in [0.25, 0.3) is 0 Å². The van der Waals surface area contributed by atoms with Crippen LogP contribution in [0, 0.1) is 11.3 Å². The van der Waals surface area contributed by atoms with Gasteiger partial charge in [-0.15, -0.1) is 0 Å². The van der Waals surface area contributed by atoms with Crippen LogP contribution in [0.15, 0.2) is 79.0 Å². The molecule has 0 heterocycles. The first-order valence-corrected chi connectivity index (χ1v) is 12.4. The molecule has 0 spiro atoms. The highest BCUT2D eigenvalue weighted by atomic mass is 79.9. The number of halogens is 4. The molecule has 152 valence electrons. The lowest BCUT2D eigenvalue weighted by Gasteiger charge is -2.13. The molecule has 3 aromatic carbocycles. The van der Waals surface area contributed by atoms with Crippen LogP contribution in [0.2, 0.25) is 5.02 Å². The van der Waals surface area contributed by atoms with Crippen molar-refractivity contribution >= 4 is 81.2 Å². The van der Waals surface area contributed by atoms with E-state index in [0.717, 1.165) is 4.47 Å². The van der Waals surface area contributed by atoms with Gasteiger partial charge in [0.15, 0.2) is 5.75 Å². The summed E-state index contributed by atoms with van der Waals surface area (Å²) < 4.78 is 33.0. The van der Waals surface area contributed by atoms with E-state index in [4.69, 9.17) is 15.8 Å². The Kier molecular flexibility index (Phi) is 7.43. The predicted molar refractivity (Wildman–Crippen MR) is 129 cm³/mol. The smallest absolute Gasteiger partial charge is 0.339 e. The molecule has 0 aliphatic heterocycles. The van der Waals surface area contributed by atoms with E-state index in [1.54, 1.807) is 30.3 Å². The third-order valence-electron chi connectivity index (χ3n) is 3.91. The Balaban J connectivity index is 2.09. The van der Waals surface area contributed by atoms with Gasteiger partial charge in [-0.1, -0.05) is 55.6 Å². The Morgan fingerprint density at radius 3 is 2.20 bits per heavy atom. The summed E-state index contributed by atoms with van der Waals surface area (Å²) in [6.45, 7) is 0. The van der Waals surface area contributed by atoms with Crippen molar-refractivity contribution in [3.63, 3.8) is 0 Å². The topological polar surface area (TPSA) is 67.2 Å². The fourth-order valence-electron chi connectivity index (χ4n) is 2.50. The van der Waals surface area contributed by atoms with Crippen molar-refractivity contribution < 1.29 is 12.6 Å². The number of hydrogen-bond acceptors (Lipinski definition) is 4. The maximum Gasteiger partial charge on any atom is 0.339 e. The van der Waals surface area contributed by atoms with Crippen LogP contribution in [0.3, 0.4) is 0 Å². The fraction of sp³-hybridized carbons (Fsp3) is 0. The molecule has 3 rings (SSSR count). The van der Waals surface area contributed by atoms with E-state index in [9.17, 15) is 13.7 Å². The van der Waals surface area contributed by atoms with E-state index in [2.05, 4.69) is 53.9 Å². The Morgan fingerprint density at radius 2 is 1.60 bits per heavy atom. The maximum atomic E-state index is 12.8. The lowest BCUT2D eigenvalue weighted by atomic mass is 10.0. The second kappa shape index (κ2) is 9.67. The van der Waals surface area contributed by atoms with E-state index in [1.165, 1.54) is 24.3 Å². The molecule has 0 fully saturated rings. The third kappa shape index (κ3) is 5.54. The third-order valence-corrected chi connectivity index (χ3v) is 6.97. The Labute approximate surface area is 204 Å². The van der Waals surface area contributed by atoms with Crippen molar-refractivity contribution in [3.8, 4) is 11.8 Å². The van der Waals surface area contributed by atoms with Crippen molar-refractivity contribution in [2.45, 2.75) is 4.90 Å². The van der Waals surface area contributed by atoms with Crippen LogP contribution in [-0.2, 0) is 10.1 Å². The molecular formula is C21H11Br3ClNO3S. The Hall–Kier alpha value is -1.63. The van der Waals surface area contributed by atoms with Gasteiger partial charge in [0.05, 0.1) is 16.1 Å². The number of allylic oxidation sites excluding steroid dienone is 1. The van der Waals surface area contributed by atoms with Crippen LogP contribution in [0.1, 0.15) is 11.1 Å². The highest BCUT2D eigenvalue weighted by Gasteiger charge is 2.21. The molecule has 30 heavy (non-hydrogen) atoms. The largest absolute Gasteiger partial charge is 0.377 e. The van der Waals surface area contributed by atoms with Gasteiger partial charge in [0.1, 0.15) is 4.90 Å². The summed E-state index contributed by atoms with van der Waals surface area (Å²) in [6.07, 6.45) is 1.57. The minimum absolute atomic E-state index is 0.0370. The molecule has 0 N–H and O–H groups in total. The lowest BCUT2D eigenvalue weighted by molar-refractivity contribution is 0.484. The summed E-state index contributed by atoms with van der Waals surface area (Å²) in [5, 5.41) is 10.1. The summed E-state index contributed by atoms with van der Waals surface area (Å²) in [6, 6.07) is 18.4. The van der Waals surface area contributed by atoms with Gasteiger partial charge in [-0.05, 0) is 76.1 Å². The van der Waals surface area contributed by atoms with Crippen LogP contribution in [-0.4, -0.2) is 8.42 Å². The number of hydrogen-bond donors (Lipinski definition) is 0. The lowest BCUT2D eigenvalue weighted by Crippen LogP contribution is -2.11. The van der Waals surface area contributed by atoms with Crippen LogP contribution in [0.25, 0.3) is 11.6 Å². The first-order chi connectivity index (χ1) is 14.2. The van der Waals surface area contributed by atoms with E-state index in [1.807, 2.05) is 12.1 Å². The molecular weight excluding hydrogens is 621 g/mol. The fourth-order valence-corrected chi connectivity index (χ4v) is 5.31. The van der Waals surface area contributed by atoms with E-state index < -0.39 is 10.1 Å². The minimum atomic E-state index is -4.12. The molecule has 0 radical (unpaired) electrons. The highest BCUT2D eigenvalue weighted by Crippen LogP contribution is 2.37. The van der Waals surface area contributed by atoms with Crippen LogP contribution >= 0.6 is 59.4 Å². The van der Waals surface area contributed by atoms with Crippen molar-refractivity contribution in [2.24, 2.45) is 0 Å². The van der Waals surface area contributed by atoms with E-state index in [0.29, 0.717) is 30.7 Å². The summed E-state index contributed by atoms with van der Waals surface area (Å²) in [5.74, 6) is 0.0676. The molecule has 0 saturated heterocycles. The standard InChI is InChI=1S/C21H11Br3ClNO3S/c22-16-3-1-13(2-4-16)15(12-26)9-14-10-17(23)11-20(24)21(14)29-30(27,28)19-7-5-18(25)6-8-19/h1-11H/b15-9+. The van der Waals surface area contributed by atoms with Crippen LogP contribution in [0.5, 0.6) is 5.75 Å².